The molecule has 0 spiro atoms. The molecule has 0 aliphatic heterocycles. The number of hydrogen-bond acceptors (Lipinski definition) is 3. The highest BCUT2D eigenvalue weighted by molar-refractivity contribution is 5.85. The van der Waals surface area contributed by atoms with Crippen LogP contribution in [0, 0.1) is 11.3 Å². The molecule has 0 saturated carbocycles. The number of aliphatic hydroxyl groups is 1. The summed E-state index contributed by atoms with van der Waals surface area (Å²) >= 11 is 0. The SMILES string of the molecule is Cl.N#Cc1ccc(C(N)CO)cc1. The van der Waals surface area contributed by atoms with Crippen LogP contribution in [0.15, 0.2) is 24.3 Å². The standard InChI is InChI=1S/C9H10N2O.ClH/c10-5-7-1-3-8(4-2-7)9(11)6-12;/h1-4,9,12H,6,11H2;1H. The van der Waals surface area contributed by atoms with Gasteiger partial charge in [0.2, 0.25) is 0 Å². The summed E-state index contributed by atoms with van der Waals surface area (Å²) < 4.78 is 0. The monoisotopic (exact) mass is 198 g/mol. The predicted octanol–water partition coefficient (Wildman–Crippen LogP) is 0.972. The Morgan fingerprint density at radius 2 is 1.92 bits per heavy atom. The highest BCUT2D eigenvalue weighted by Crippen LogP contribution is 2.10. The lowest BCUT2D eigenvalue weighted by Gasteiger charge is -2.07. The van der Waals surface area contributed by atoms with Gasteiger partial charge in [0.15, 0.2) is 0 Å². The Bertz CT molecular complexity index is 291. The van der Waals surface area contributed by atoms with Crippen molar-refractivity contribution in [2.75, 3.05) is 6.61 Å². The Morgan fingerprint density at radius 1 is 1.38 bits per heavy atom. The third-order valence-electron chi connectivity index (χ3n) is 1.66. The van der Waals surface area contributed by atoms with E-state index >= 15 is 0 Å². The van der Waals surface area contributed by atoms with Gasteiger partial charge in [-0.2, -0.15) is 5.26 Å². The Morgan fingerprint density at radius 3 is 2.31 bits per heavy atom. The van der Waals surface area contributed by atoms with Gasteiger partial charge in [-0.15, -0.1) is 12.4 Å². The van der Waals surface area contributed by atoms with Crippen molar-refractivity contribution in [3.63, 3.8) is 0 Å². The van der Waals surface area contributed by atoms with Crippen LogP contribution in [0.5, 0.6) is 0 Å². The maximum Gasteiger partial charge on any atom is 0.0991 e. The molecule has 1 aromatic carbocycles. The molecule has 0 aliphatic rings. The van der Waals surface area contributed by atoms with Crippen molar-refractivity contribution in [1.29, 1.82) is 5.26 Å². The van der Waals surface area contributed by atoms with Gasteiger partial charge < -0.3 is 10.8 Å². The lowest BCUT2D eigenvalue weighted by Crippen LogP contribution is -2.14. The van der Waals surface area contributed by atoms with Gasteiger partial charge in [0.05, 0.1) is 24.3 Å². The van der Waals surface area contributed by atoms with Crippen LogP contribution in [0.4, 0.5) is 0 Å². The fourth-order valence-corrected chi connectivity index (χ4v) is 0.910. The van der Waals surface area contributed by atoms with Crippen LogP contribution in [0.1, 0.15) is 17.2 Å². The van der Waals surface area contributed by atoms with Crippen molar-refractivity contribution in [2.24, 2.45) is 5.73 Å². The van der Waals surface area contributed by atoms with E-state index in [9.17, 15) is 0 Å². The van der Waals surface area contributed by atoms with Crippen molar-refractivity contribution >= 4 is 12.4 Å². The minimum atomic E-state index is -0.349. The van der Waals surface area contributed by atoms with Gasteiger partial charge in [0, 0.05) is 0 Å². The molecule has 3 N–H and O–H groups in total. The first-order chi connectivity index (χ1) is 5.77. The summed E-state index contributed by atoms with van der Waals surface area (Å²) in [6.45, 7) is -0.0775. The normalized spacial score (nSPS) is 11.2. The zero-order chi connectivity index (χ0) is 8.97. The van der Waals surface area contributed by atoms with E-state index in [1.54, 1.807) is 24.3 Å². The summed E-state index contributed by atoms with van der Waals surface area (Å²) in [6.07, 6.45) is 0. The van der Waals surface area contributed by atoms with E-state index < -0.39 is 0 Å². The molecule has 0 heterocycles. The van der Waals surface area contributed by atoms with E-state index in [-0.39, 0.29) is 25.1 Å². The van der Waals surface area contributed by atoms with E-state index in [4.69, 9.17) is 16.1 Å². The Kier molecular flexibility index (Phi) is 5.09. The fraction of sp³-hybridized carbons (Fsp3) is 0.222. The summed E-state index contributed by atoms with van der Waals surface area (Å²) in [6, 6.07) is 8.53. The maximum absolute atomic E-state index is 8.72. The minimum Gasteiger partial charge on any atom is -0.394 e. The van der Waals surface area contributed by atoms with Crippen LogP contribution in [0.2, 0.25) is 0 Å². The van der Waals surface area contributed by atoms with Crippen LogP contribution in [-0.2, 0) is 0 Å². The first-order valence-corrected chi connectivity index (χ1v) is 3.64. The van der Waals surface area contributed by atoms with E-state index in [0.717, 1.165) is 5.56 Å². The minimum absolute atomic E-state index is 0. The van der Waals surface area contributed by atoms with Crippen LogP contribution < -0.4 is 5.73 Å². The molecule has 3 nitrogen and oxygen atoms in total. The molecule has 0 aromatic heterocycles. The molecule has 0 fully saturated rings. The second-order valence-electron chi connectivity index (χ2n) is 2.52. The van der Waals surface area contributed by atoms with Crippen molar-refractivity contribution in [3.8, 4) is 6.07 Å². The second kappa shape index (κ2) is 5.55. The third-order valence-corrected chi connectivity index (χ3v) is 1.66. The zero-order valence-corrected chi connectivity index (χ0v) is 7.79. The molecule has 13 heavy (non-hydrogen) atoms. The summed E-state index contributed by atoms with van der Waals surface area (Å²) in [5.41, 5.74) is 7.00. The number of nitrogens with two attached hydrogens (primary N) is 1. The van der Waals surface area contributed by atoms with Crippen LogP contribution in [0.25, 0.3) is 0 Å². The Balaban J connectivity index is 0.00000144. The number of benzene rings is 1. The van der Waals surface area contributed by atoms with Gasteiger partial charge in [-0.3, -0.25) is 0 Å². The Labute approximate surface area is 83.2 Å². The molecular weight excluding hydrogens is 188 g/mol. The number of aliphatic hydroxyl groups excluding tert-OH is 1. The summed E-state index contributed by atoms with van der Waals surface area (Å²) in [4.78, 5) is 0. The molecule has 1 aromatic rings. The lowest BCUT2D eigenvalue weighted by atomic mass is 10.1. The van der Waals surface area contributed by atoms with Gasteiger partial charge >= 0.3 is 0 Å². The van der Waals surface area contributed by atoms with Gasteiger partial charge in [-0.05, 0) is 17.7 Å². The van der Waals surface area contributed by atoms with Crippen LogP contribution >= 0.6 is 12.4 Å². The van der Waals surface area contributed by atoms with E-state index in [1.165, 1.54) is 0 Å². The molecule has 1 atom stereocenters. The highest BCUT2D eigenvalue weighted by Gasteiger charge is 2.02. The molecular formula is C9H11ClN2O. The topological polar surface area (TPSA) is 70.0 Å². The van der Waals surface area contributed by atoms with Crippen LogP contribution in [0.3, 0.4) is 0 Å². The van der Waals surface area contributed by atoms with E-state index in [1.807, 2.05) is 6.07 Å². The molecule has 4 heteroatoms. The molecule has 1 unspecified atom stereocenters. The molecule has 70 valence electrons. The lowest BCUT2D eigenvalue weighted by molar-refractivity contribution is 0.268. The zero-order valence-electron chi connectivity index (χ0n) is 6.97. The van der Waals surface area contributed by atoms with E-state index in [2.05, 4.69) is 0 Å². The predicted molar refractivity (Wildman–Crippen MR) is 52.4 cm³/mol. The smallest absolute Gasteiger partial charge is 0.0991 e. The second-order valence-corrected chi connectivity index (χ2v) is 2.52. The number of nitrogens with zero attached hydrogens (tertiary/aromatic N) is 1. The average Bonchev–Trinajstić information content (AvgIpc) is 2.17. The van der Waals surface area contributed by atoms with Gasteiger partial charge in [0.1, 0.15) is 0 Å². The summed E-state index contributed by atoms with van der Waals surface area (Å²) in [7, 11) is 0. The molecule has 0 radical (unpaired) electrons. The van der Waals surface area contributed by atoms with Crippen molar-refractivity contribution in [3.05, 3.63) is 35.4 Å². The third kappa shape index (κ3) is 3.03. The molecule has 1 rings (SSSR count). The number of rotatable bonds is 2. The Hall–Kier alpha value is -1.08. The fourth-order valence-electron chi connectivity index (χ4n) is 0.910. The molecule has 0 aliphatic carbocycles. The molecule has 0 saturated heterocycles. The first-order valence-electron chi connectivity index (χ1n) is 3.64. The molecule has 0 amide bonds. The van der Waals surface area contributed by atoms with Crippen molar-refractivity contribution in [1.82, 2.24) is 0 Å². The molecule has 0 bridgehead atoms. The maximum atomic E-state index is 8.72. The average molecular weight is 199 g/mol. The van der Waals surface area contributed by atoms with Gasteiger partial charge in [-0.25, -0.2) is 0 Å². The number of nitriles is 1. The van der Waals surface area contributed by atoms with E-state index in [0.29, 0.717) is 5.56 Å². The number of halogens is 1. The van der Waals surface area contributed by atoms with Crippen molar-refractivity contribution in [2.45, 2.75) is 6.04 Å². The highest BCUT2D eigenvalue weighted by atomic mass is 35.5. The van der Waals surface area contributed by atoms with Crippen molar-refractivity contribution < 1.29 is 5.11 Å². The first kappa shape index (κ1) is 11.9. The van der Waals surface area contributed by atoms with Crippen LogP contribution in [-0.4, -0.2) is 11.7 Å². The quantitative estimate of drug-likeness (QED) is 0.744. The number of hydrogen-bond donors (Lipinski definition) is 2. The largest absolute Gasteiger partial charge is 0.394 e. The summed E-state index contributed by atoms with van der Waals surface area (Å²) in [5, 5.41) is 17.2. The summed E-state index contributed by atoms with van der Waals surface area (Å²) in [5.74, 6) is 0. The van der Waals surface area contributed by atoms with Gasteiger partial charge in [0.25, 0.3) is 0 Å². The van der Waals surface area contributed by atoms with Gasteiger partial charge in [-0.1, -0.05) is 12.1 Å².